The normalized spacial score (nSPS) is 12.6. The summed E-state index contributed by atoms with van der Waals surface area (Å²) >= 11 is 0. The summed E-state index contributed by atoms with van der Waals surface area (Å²) in [5.41, 5.74) is 9.29. The lowest BCUT2D eigenvalue weighted by molar-refractivity contribution is 0.0152. The molecule has 21 heavy (non-hydrogen) atoms. The Hall–Kier alpha value is -1.78. The van der Waals surface area contributed by atoms with Gasteiger partial charge in [0.25, 0.3) is 6.43 Å². The van der Waals surface area contributed by atoms with Crippen molar-refractivity contribution in [2.45, 2.75) is 18.9 Å². The van der Waals surface area contributed by atoms with Crippen molar-refractivity contribution in [2.24, 2.45) is 5.73 Å². The van der Waals surface area contributed by atoms with Crippen molar-refractivity contribution in [1.82, 2.24) is 0 Å². The first-order chi connectivity index (χ1) is 10.2. The quantitative estimate of drug-likeness (QED) is 0.782. The predicted molar refractivity (Wildman–Crippen MR) is 80.2 cm³/mol. The maximum atomic E-state index is 11.9. The van der Waals surface area contributed by atoms with Crippen molar-refractivity contribution in [3.8, 4) is 11.1 Å². The lowest BCUT2D eigenvalue weighted by Gasteiger charge is -2.13. The Morgan fingerprint density at radius 2 is 1.52 bits per heavy atom. The van der Waals surface area contributed by atoms with Crippen LogP contribution in [0, 0.1) is 0 Å². The highest BCUT2D eigenvalue weighted by molar-refractivity contribution is 5.63. The maximum absolute atomic E-state index is 11.9. The van der Waals surface area contributed by atoms with E-state index in [1.807, 2.05) is 54.6 Å². The lowest BCUT2D eigenvalue weighted by Crippen LogP contribution is -2.14. The number of nitrogens with two attached hydrogens (primary N) is 1. The van der Waals surface area contributed by atoms with Crippen LogP contribution in [-0.4, -0.2) is 19.6 Å². The topological polar surface area (TPSA) is 35.2 Å². The average molecular weight is 291 g/mol. The summed E-state index contributed by atoms with van der Waals surface area (Å²) in [6, 6.07) is 17.8. The Kier molecular flexibility index (Phi) is 5.84. The zero-order valence-corrected chi connectivity index (χ0v) is 11.7. The van der Waals surface area contributed by atoms with Gasteiger partial charge in [-0.15, -0.1) is 0 Å². The fraction of sp³-hybridized carbons (Fsp3) is 0.294. The van der Waals surface area contributed by atoms with E-state index in [-0.39, 0.29) is 12.6 Å². The summed E-state index contributed by atoms with van der Waals surface area (Å²) in [5.74, 6) is 0. The van der Waals surface area contributed by atoms with Gasteiger partial charge in [0.05, 0.1) is 0 Å². The first kappa shape index (κ1) is 15.6. The number of alkyl halides is 2. The monoisotopic (exact) mass is 291 g/mol. The minimum Gasteiger partial charge on any atom is -0.375 e. The molecule has 0 saturated heterocycles. The molecule has 2 aromatic carbocycles. The Balaban J connectivity index is 1.89. The zero-order chi connectivity index (χ0) is 15.1. The molecule has 0 heterocycles. The molecule has 1 atom stereocenters. The molecule has 2 N–H and O–H groups in total. The van der Waals surface area contributed by atoms with Gasteiger partial charge in [-0.25, -0.2) is 8.78 Å². The number of rotatable bonds is 7. The van der Waals surface area contributed by atoms with Crippen LogP contribution in [0.2, 0.25) is 0 Å². The van der Waals surface area contributed by atoms with Gasteiger partial charge in [0.2, 0.25) is 0 Å². The predicted octanol–water partition coefficient (Wildman–Crippen LogP) is 4.03. The molecule has 0 aliphatic carbocycles. The smallest absolute Gasteiger partial charge is 0.261 e. The van der Waals surface area contributed by atoms with E-state index in [0.29, 0.717) is 6.42 Å². The molecule has 0 aliphatic heterocycles. The van der Waals surface area contributed by atoms with Crippen LogP contribution in [0.3, 0.4) is 0 Å². The third-order valence-electron chi connectivity index (χ3n) is 3.26. The summed E-state index contributed by atoms with van der Waals surface area (Å²) in [6.45, 7) is -0.286. The largest absolute Gasteiger partial charge is 0.375 e. The summed E-state index contributed by atoms with van der Waals surface area (Å²) in [5, 5.41) is 0. The Labute approximate surface area is 123 Å². The van der Waals surface area contributed by atoms with E-state index in [4.69, 9.17) is 10.5 Å². The summed E-state index contributed by atoms with van der Waals surface area (Å²) in [4.78, 5) is 0. The second kappa shape index (κ2) is 7.86. The van der Waals surface area contributed by atoms with E-state index in [9.17, 15) is 8.78 Å². The molecule has 0 aliphatic rings. The third-order valence-corrected chi connectivity index (χ3v) is 3.26. The Bertz CT molecular complexity index is 528. The van der Waals surface area contributed by atoms with Gasteiger partial charge in [-0.2, -0.15) is 0 Å². The van der Waals surface area contributed by atoms with Crippen LogP contribution in [0.1, 0.15) is 18.0 Å². The van der Waals surface area contributed by atoms with E-state index in [0.717, 1.165) is 16.7 Å². The summed E-state index contributed by atoms with van der Waals surface area (Å²) in [6.07, 6.45) is -1.90. The second-order valence-corrected chi connectivity index (χ2v) is 4.85. The SMILES string of the molecule is NC(CCOCC(F)F)c1ccc(-c2ccccc2)cc1. The van der Waals surface area contributed by atoms with E-state index in [1.165, 1.54) is 0 Å². The van der Waals surface area contributed by atoms with Crippen molar-refractivity contribution in [3.63, 3.8) is 0 Å². The highest BCUT2D eigenvalue weighted by Gasteiger charge is 2.08. The van der Waals surface area contributed by atoms with Crippen LogP contribution in [0.15, 0.2) is 54.6 Å². The second-order valence-electron chi connectivity index (χ2n) is 4.85. The molecule has 2 nitrogen and oxygen atoms in total. The van der Waals surface area contributed by atoms with Crippen molar-refractivity contribution >= 4 is 0 Å². The van der Waals surface area contributed by atoms with Crippen molar-refractivity contribution in [3.05, 3.63) is 60.2 Å². The minimum absolute atomic E-state index is 0.201. The Morgan fingerprint density at radius 3 is 2.14 bits per heavy atom. The molecule has 0 amide bonds. The Morgan fingerprint density at radius 1 is 0.905 bits per heavy atom. The molecule has 112 valence electrons. The average Bonchev–Trinajstić information content (AvgIpc) is 2.52. The van der Waals surface area contributed by atoms with Gasteiger partial charge in [0.1, 0.15) is 6.61 Å². The lowest BCUT2D eigenvalue weighted by atomic mass is 10.00. The fourth-order valence-corrected chi connectivity index (χ4v) is 2.10. The van der Waals surface area contributed by atoms with Crippen LogP contribution in [0.4, 0.5) is 8.78 Å². The molecule has 0 aromatic heterocycles. The van der Waals surface area contributed by atoms with Crippen LogP contribution < -0.4 is 5.73 Å². The maximum Gasteiger partial charge on any atom is 0.261 e. The molecular weight excluding hydrogens is 272 g/mol. The van der Waals surface area contributed by atoms with Gasteiger partial charge in [0.15, 0.2) is 0 Å². The highest BCUT2D eigenvalue weighted by atomic mass is 19.3. The van der Waals surface area contributed by atoms with E-state index < -0.39 is 13.0 Å². The minimum atomic E-state index is -2.42. The molecule has 0 bridgehead atoms. The van der Waals surface area contributed by atoms with Gasteiger partial charge < -0.3 is 10.5 Å². The van der Waals surface area contributed by atoms with Crippen LogP contribution in [0.5, 0.6) is 0 Å². The van der Waals surface area contributed by atoms with Crippen LogP contribution in [-0.2, 0) is 4.74 Å². The molecule has 1 unspecified atom stereocenters. The molecule has 0 spiro atoms. The summed E-state index contributed by atoms with van der Waals surface area (Å²) < 4.78 is 28.7. The van der Waals surface area contributed by atoms with Gasteiger partial charge >= 0.3 is 0 Å². The molecule has 2 aromatic rings. The van der Waals surface area contributed by atoms with Crippen LogP contribution >= 0.6 is 0 Å². The van der Waals surface area contributed by atoms with E-state index in [1.54, 1.807) is 0 Å². The summed E-state index contributed by atoms with van der Waals surface area (Å²) in [7, 11) is 0. The van der Waals surface area contributed by atoms with Crippen molar-refractivity contribution in [1.29, 1.82) is 0 Å². The molecule has 0 radical (unpaired) electrons. The van der Waals surface area contributed by atoms with Gasteiger partial charge in [-0.3, -0.25) is 0 Å². The van der Waals surface area contributed by atoms with E-state index >= 15 is 0 Å². The number of halogens is 2. The van der Waals surface area contributed by atoms with Crippen molar-refractivity contribution in [2.75, 3.05) is 13.2 Å². The highest BCUT2D eigenvalue weighted by Crippen LogP contribution is 2.22. The molecule has 0 fully saturated rings. The van der Waals surface area contributed by atoms with Gasteiger partial charge in [-0.05, 0) is 23.1 Å². The van der Waals surface area contributed by atoms with Crippen LogP contribution in [0.25, 0.3) is 11.1 Å². The molecule has 2 rings (SSSR count). The molecule has 0 saturated carbocycles. The van der Waals surface area contributed by atoms with Gasteiger partial charge in [-0.1, -0.05) is 54.6 Å². The third kappa shape index (κ3) is 4.92. The first-order valence-electron chi connectivity index (χ1n) is 6.93. The van der Waals surface area contributed by atoms with Crippen molar-refractivity contribution < 1.29 is 13.5 Å². The van der Waals surface area contributed by atoms with E-state index in [2.05, 4.69) is 0 Å². The number of benzene rings is 2. The zero-order valence-electron chi connectivity index (χ0n) is 11.7. The number of hydrogen-bond acceptors (Lipinski definition) is 2. The number of ether oxygens (including phenoxy) is 1. The van der Waals surface area contributed by atoms with Gasteiger partial charge in [0, 0.05) is 12.6 Å². The molecule has 4 heteroatoms. The number of hydrogen-bond donors (Lipinski definition) is 1. The standard InChI is InChI=1S/C17H19F2NO/c18-17(19)12-21-11-10-16(20)15-8-6-14(7-9-15)13-4-2-1-3-5-13/h1-9,16-17H,10-12,20H2. The fourth-order valence-electron chi connectivity index (χ4n) is 2.10. The molecular formula is C17H19F2NO. The first-order valence-corrected chi connectivity index (χ1v) is 6.93.